The van der Waals surface area contributed by atoms with Gasteiger partial charge in [0, 0.05) is 27.8 Å². The van der Waals surface area contributed by atoms with Crippen LogP contribution in [0.5, 0.6) is 0 Å². The molecule has 1 aromatic heterocycles. The van der Waals surface area contributed by atoms with E-state index >= 15 is 0 Å². The monoisotopic (exact) mass is 927 g/mol. The molecular weight excluding hydrogens is 879 g/mol. The highest BCUT2D eigenvalue weighted by molar-refractivity contribution is 7.21. The van der Waals surface area contributed by atoms with Gasteiger partial charge in [-0.2, -0.15) is 0 Å². The summed E-state index contributed by atoms with van der Waals surface area (Å²) >= 11 is 1.75. The van der Waals surface area contributed by atoms with E-state index in [1.807, 2.05) is 0 Å². The SMILES string of the molecule is CC1(C)c2ccccc2N(c2ccc3c(-c4ccc5ccccc5c4)c4cc(N5c6ccccc6C(C)(C)c6ccccc65)ccc4c(-c4ccc(-c5nc6ccccc6s5)cc4)c3c2)c2ccccc21. The van der Waals surface area contributed by atoms with E-state index in [-0.39, 0.29) is 10.8 Å². The molecule has 338 valence electrons. The Kier molecular flexibility index (Phi) is 9.15. The molecule has 0 saturated heterocycles. The van der Waals surface area contributed by atoms with Crippen molar-refractivity contribution in [1.82, 2.24) is 4.98 Å². The van der Waals surface area contributed by atoms with Crippen molar-refractivity contribution < 1.29 is 0 Å². The quantitative estimate of drug-likeness (QED) is 0.160. The van der Waals surface area contributed by atoms with Crippen LogP contribution in [0.3, 0.4) is 0 Å². The zero-order valence-electron chi connectivity index (χ0n) is 40.1. The van der Waals surface area contributed by atoms with Crippen molar-refractivity contribution in [3.63, 3.8) is 0 Å². The van der Waals surface area contributed by atoms with Crippen LogP contribution in [0, 0.1) is 0 Å². The molecule has 0 unspecified atom stereocenters. The van der Waals surface area contributed by atoms with Gasteiger partial charge in [-0.15, -0.1) is 11.3 Å². The van der Waals surface area contributed by atoms with Gasteiger partial charge in [0.15, 0.2) is 0 Å². The number of rotatable bonds is 5. The lowest BCUT2D eigenvalue weighted by Gasteiger charge is -2.42. The molecule has 12 aromatic rings. The summed E-state index contributed by atoms with van der Waals surface area (Å²) in [7, 11) is 0. The van der Waals surface area contributed by atoms with Crippen molar-refractivity contribution in [3.05, 3.63) is 247 Å². The van der Waals surface area contributed by atoms with Crippen molar-refractivity contribution in [3.8, 4) is 32.8 Å². The molecule has 2 aliphatic heterocycles. The third kappa shape index (κ3) is 6.31. The number of nitrogens with zero attached hydrogens (tertiary/aromatic N) is 3. The molecule has 0 bridgehead atoms. The van der Waals surface area contributed by atoms with Gasteiger partial charge in [0.1, 0.15) is 5.01 Å². The van der Waals surface area contributed by atoms with Gasteiger partial charge in [0.2, 0.25) is 0 Å². The number of fused-ring (bicyclic) bond motifs is 8. The Bertz CT molecular complexity index is 4010. The summed E-state index contributed by atoms with van der Waals surface area (Å²) in [5.74, 6) is 0. The normalized spacial score (nSPS) is 14.4. The Labute approximate surface area is 418 Å². The fourth-order valence-corrected chi connectivity index (χ4v) is 13.1. The Balaban J connectivity index is 1.07. The van der Waals surface area contributed by atoms with E-state index in [0.29, 0.717) is 0 Å². The number of para-hydroxylation sites is 5. The first kappa shape index (κ1) is 41.6. The predicted molar refractivity (Wildman–Crippen MR) is 302 cm³/mol. The van der Waals surface area contributed by atoms with Crippen LogP contribution in [0.2, 0.25) is 0 Å². The number of thiazole rings is 1. The van der Waals surface area contributed by atoms with Crippen LogP contribution in [-0.4, -0.2) is 4.98 Å². The van der Waals surface area contributed by atoms with E-state index in [1.165, 1.54) is 98.7 Å². The van der Waals surface area contributed by atoms with E-state index in [4.69, 9.17) is 4.98 Å². The largest absolute Gasteiger partial charge is 0.310 e. The summed E-state index contributed by atoms with van der Waals surface area (Å²) < 4.78 is 1.20. The van der Waals surface area contributed by atoms with Crippen LogP contribution < -0.4 is 9.80 Å². The average Bonchev–Trinajstić information content (AvgIpc) is 3.85. The van der Waals surface area contributed by atoms with Crippen LogP contribution in [0.4, 0.5) is 34.1 Å². The number of hydrogen-bond acceptors (Lipinski definition) is 4. The molecule has 0 spiro atoms. The molecule has 71 heavy (non-hydrogen) atoms. The summed E-state index contributed by atoms with van der Waals surface area (Å²) in [5.41, 5.74) is 19.0. The molecule has 11 aromatic carbocycles. The highest BCUT2D eigenvalue weighted by atomic mass is 32.1. The summed E-state index contributed by atoms with van der Waals surface area (Å²) in [6, 6.07) is 83.6. The van der Waals surface area contributed by atoms with E-state index in [1.54, 1.807) is 11.3 Å². The van der Waals surface area contributed by atoms with Gasteiger partial charge in [-0.3, -0.25) is 0 Å². The predicted octanol–water partition coefficient (Wildman–Crippen LogP) is 19.0. The molecule has 0 aliphatic carbocycles. The van der Waals surface area contributed by atoms with Gasteiger partial charge in [0.05, 0.1) is 33.0 Å². The van der Waals surface area contributed by atoms with Crippen molar-refractivity contribution >= 4 is 88.0 Å². The van der Waals surface area contributed by atoms with Gasteiger partial charge >= 0.3 is 0 Å². The maximum Gasteiger partial charge on any atom is 0.124 e. The zero-order valence-corrected chi connectivity index (χ0v) is 40.9. The number of hydrogen-bond donors (Lipinski definition) is 0. The molecule has 0 radical (unpaired) electrons. The van der Waals surface area contributed by atoms with E-state index in [0.717, 1.165) is 33.0 Å². The molecule has 0 atom stereocenters. The van der Waals surface area contributed by atoms with E-state index < -0.39 is 0 Å². The topological polar surface area (TPSA) is 19.4 Å². The summed E-state index contributed by atoms with van der Waals surface area (Å²) in [6.07, 6.45) is 0. The zero-order chi connectivity index (χ0) is 47.6. The van der Waals surface area contributed by atoms with Crippen molar-refractivity contribution in [2.45, 2.75) is 38.5 Å². The van der Waals surface area contributed by atoms with Gasteiger partial charge in [-0.05, 0) is 144 Å². The smallest absolute Gasteiger partial charge is 0.124 e. The molecule has 0 fully saturated rings. The Morgan fingerprint density at radius 3 is 1.30 bits per heavy atom. The van der Waals surface area contributed by atoms with Gasteiger partial charge in [-0.1, -0.05) is 185 Å². The lowest BCUT2D eigenvalue weighted by molar-refractivity contribution is 0.632. The Morgan fingerprint density at radius 1 is 0.352 bits per heavy atom. The molecule has 14 rings (SSSR count). The van der Waals surface area contributed by atoms with Crippen molar-refractivity contribution in [2.75, 3.05) is 9.80 Å². The first-order chi connectivity index (χ1) is 34.7. The first-order valence-electron chi connectivity index (χ1n) is 24.7. The fourth-order valence-electron chi connectivity index (χ4n) is 12.1. The second-order valence-electron chi connectivity index (χ2n) is 20.3. The molecular formula is C67H49N3S. The molecule has 4 heteroatoms. The molecule has 3 heterocycles. The van der Waals surface area contributed by atoms with Crippen LogP contribution in [0.25, 0.3) is 75.4 Å². The molecule has 2 aliphatic rings. The lowest BCUT2D eigenvalue weighted by atomic mass is 9.73. The third-order valence-electron chi connectivity index (χ3n) is 15.6. The second-order valence-corrected chi connectivity index (χ2v) is 21.4. The minimum absolute atomic E-state index is 0.166. The van der Waals surface area contributed by atoms with Gasteiger partial charge in [0.25, 0.3) is 0 Å². The maximum absolute atomic E-state index is 5.07. The van der Waals surface area contributed by atoms with Crippen LogP contribution in [0.1, 0.15) is 49.9 Å². The van der Waals surface area contributed by atoms with E-state index in [2.05, 4.69) is 262 Å². The number of aromatic nitrogens is 1. The van der Waals surface area contributed by atoms with Gasteiger partial charge < -0.3 is 9.80 Å². The Morgan fingerprint density at radius 2 is 0.775 bits per heavy atom. The highest BCUT2D eigenvalue weighted by Crippen LogP contribution is 2.56. The summed E-state index contributed by atoms with van der Waals surface area (Å²) in [6.45, 7) is 9.43. The molecule has 0 saturated carbocycles. The maximum atomic E-state index is 5.07. The fraction of sp³-hybridized carbons (Fsp3) is 0.0896. The molecule has 3 nitrogen and oxygen atoms in total. The number of benzene rings is 11. The second kappa shape index (κ2) is 15.6. The minimum Gasteiger partial charge on any atom is -0.310 e. The lowest BCUT2D eigenvalue weighted by Crippen LogP contribution is -2.30. The minimum atomic E-state index is -0.168. The van der Waals surface area contributed by atoms with Crippen molar-refractivity contribution in [1.29, 1.82) is 0 Å². The molecule has 0 amide bonds. The van der Waals surface area contributed by atoms with Crippen molar-refractivity contribution in [2.24, 2.45) is 0 Å². The van der Waals surface area contributed by atoms with Crippen LogP contribution >= 0.6 is 11.3 Å². The van der Waals surface area contributed by atoms with Crippen LogP contribution in [0.15, 0.2) is 224 Å². The van der Waals surface area contributed by atoms with Crippen LogP contribution in [-0.2, 0) is 10.8 Å². The Hall–Kier alpha value is -8.31. The highest BCUT2D eigenvalue weighted by Gasteiger charge is 2.38. The standard InChI is InChI=1S/C67H49N3S/c1-66(2)53-19-7-12-24-58(53)69(59-25-13-8-20-54(59)66)47-36-38-50-51(40-47)63(43-30-32-44(33-31-43)65-68-57-23-11-16-28-62(57)71-65)49-37-35-48(41-52(49)64(50)46-34-29-42-17-5-6-18-45(42)39-46)70-60-26-14-9-21-55(60)67(3,4)56-22-10-15-27-61(56)70/h5-41H,1-4H3. The third-order valence-corrected chi connectivity index (χ3v) is 16.7. The summed E-state index contributed by atoms with van der Waals surface area (Å²) in [5, 5.41) is 8.30. The molecule has 0 N–H and O–H groups in total. The first-order valence-corrected chi connectivity index (χ1v) is 25.5. The summed E-state index contributed by atoms with van der Waals surface area (Å²) in [4.78, 5) is 10.0. The van der Waals surface area contributed by atoms with Gasteiger partial charge in [-0.25, -0.2) is 4.98 Å². The van der Waals surface area contributed by atoms with E-state index in [9.17, 15) is 0 Å². The average molecular weight is 928 g/mol. The number of anilines is 6.